The first-order valence-electron chi connectivity index (χ1n) is 4.41. The van der Waals surface area contributed by atoms with E-state index in [1.807, 2.05) is 0 Å². The Bertz CT molecular complexity index is 337. The van der Waals surface area contributed by atoms with Gasteiger partial charge < -0.3 is 4.74 Å². The van der Waals surface area contributed by atoms with Gasteiger partial charge in [-0.1, -0.05) is 31.9 Å². The summed E-state index contributed by atoms with van der Waals surface area (Å²) < 4.78 is 19.5. The number of alkyl halides is 1. The fourth-order valence-corrected chi connectivity index (χ4v) is 2.52. The summed E-state index contributed by atoms with van der Waals surface area (Å²) in [6.07, 6.45) is 2.07. The van der Waals surface area contributed by atoms with Gasteiger partial charge in [0.05, 0.1) is 0 Å². The number of rotatable bonds is 2. The van der Waals surface area contributed by atoms with Gasteiger partial charge in [0.1, 0.15) is 6.10 Å². The summed E-state index contributed by atoms with van der Waals surface area (Å²) in [6.45, 7) is 0. The van der Waals surface area contributed by atoms with Gasteiger partial charge in [0.15, 0.2) is 11.6 Å². The number of hydrogen-bond donors (Lipinski definition) is 0. The lowest BCUT2D eigenvalue weighted by atomic mass is 9.96. The Labute approximate surface area is 98.9 Å². The van der Waals surface area contributed by atoms with E-state index >= 15 is 0 Å². The molecule has 0 radical (unpaired) electrons. The Morgan fingerprint density at radius 3 is 2.64 bits per heavy atom. The lowest BCUT2D eigenvalue weighted by Gasteiger charge is -2.31. The van der Waals surface area contributed by atoms with Crippen molar-refractivity contribution in [2.24, 2.45) is 0 Å². The predicted molar refractivity (Wildman–Crippen MR) is 60.5 cm³/mol. The van der Waals surface area contributed by atoms with Crippen LogP contribution in [-0.4, -0.2) is 10.9 Å². The summed E-state index contributed by atoms with van der Waals surface area (Å²) in [7, 11) is 0. The second-order valence-electron chi connectivity index (χ2n) is 3.38. The summed E-state index contributed by atoms with van der Waals surface area (Å²) >= 11 is 6.66. The standard InChI is InChI=1S/C10H9Br2FO/c11-6-1-2-10(9(13)5-6)14-8-3-7(12)4-8/h1-2,5,7-8H,3-4H2. The number of ether oxygens (including phenoxy) is 1. The van der Waals surface area contributed by atoms with Crippen molar-refractivity contribution in [1.29, 1.82) is 0 Å². The number of benzene rings is 1. The topological polar surface area (TPSA) is 9.23 Å². The Balaban J connectivity index is 2.02. The quantitative estimate of drug-likeness (QED) is 0.750. The lowest BCUT2D eigenvalue weighted by molar-refractivity contribution is 0.122. The zero-order valence-corrected chi connectivity index (χ0v) is 10.5. The molecule has 1 nitrogen and oxygen atoms in total. The minimum atomic E-state index is -0.308. The van der Waals surface area contributed by atoms with Crippen LogP contribution >= 0.6 is 31.9 Å². The third kappa shape index (κ3) is 2.28. The minimum absolute atomic E-state index is 0.162. The van der Waals surface area contributed by atoms with Gasteiger partial charge in [0, 0.05) is 9.30 Å². The van der Waals surface area contributed by atoms with E-state index in [0.717, 1.165) is 17.3 Å². The molecule has 0 N–H and O–H groups in total. The summed E-state index contributed by atoms with van der Waals surface area (Å²) in [5.41, 5.74) is 0. The van der Waals surface area contributed by atoms with Crippen molar-refractivity contribution in [2.75, 3.05) is 0 Å². The summed E-state index contributed by atoms with van der Waals surface area (Å²) in [4.78, 5) is 0.533. The number of hydrogen-bond acceptors (Lipinski definition) is 1. The highest BCUT2D eigenvalue weighted by atomic mass is 79.9. The van der Waals surface area contributed by atoms with Gasteiger partial charge in [-0.05, 0) is 31.0 Å². The van der Waals surface area contributed by atoms with E-state index in [-0.39, 0.29) is 11.9 Å². The average Bonchev–Trinajstić information content (AvgIpc) is 2.06. The van der Waals surface area contributed by atoms with Crippen LogP contribution in [0.3, 0.4) is 0 Å². The molecule has 0 aromatic heterocycles. The SMILES string of the molecule is Fc1cc(Br)ccc1OC1CC(Br)C1. The molecule has 1 aromatic rings. The smallest absolute Gasteiger partial charge is 0.166 e. The predicted octanol–water partition coefficient (Wildman–Crippen LogP) is 3.89. The number of halogens is 3. The molecule has 1 fully saturated rings. The molecule has 2 rings (SSSR count). The van der Waals surface area contributed by atoms with Crippen molar-refractivity contribution in [3.63, 3.8) is 0 Å². The van der Waals surface area contributed by atoms with Gasteiger partial charge >= 0.3 is 0 Å². The Morgan fingerprint density at radius 1 is 1.36 bits per heavy atom. The van der Waals surface area contributed by atoms with Crippen molar-refractivity contribution in [3.05, 3.63) is 28.5 Å². The third-order valence-corrected chi connectivity index (χ3v) is 3.47. The van der Waals surface area contributed by atoms with E-state index in [9.17, 15) is 4.39 Å². The molecule has 0 saturated heterocycles. The van der Waals surface area contributed by atoms with E-state index in [4.69, 9.17) is 4.74 Å². The lowest BCUT2D eigenvalue weighted by Crippen LogP contribution is -2.34. The minimum Gasteiger partial charge on any atom is -0.487 e. The Hall–Kier alpha value is -0.0900. The van der Waals surface area contributed by atoms with Crippen LogP contribution in [0.2, 0.25) is 0 Å². The first-order valence-corrected chi connectivity index (χ1v) is 6.12. The monoisotopic (exact) mass is 322 g/mol. The summed E-state index contributed by atoms with van der Waals surface area (Å²) in [6, 6.07) is 4.85. The van der Waals surface area contributed by atoms with Gasteiger partial charge in [0.25, 0.3) is 0 Å². The van der Waals surface area contributed by atoms with Crippen molar-refractivity contribution in [2.45, 2.75) is 23.8 Å². The molecular formula is C10H9Br2FO. The largest absolute Gasteiger partial charge is 0.487 e. The van der Waals surface area contributed by atoms with Crippen LogP contribution in [0, 0.1) is 5.82 Å². The van der Waals surface area contributed by atoms with Crippen molar-refractivity contribution < 1.29 is 9.13 Å². The second kappa shape index (κ2) is 4.19. The fraction of sp³-hybridized carbons (Fsp3) is 0.400. The summed E-state index contributed by atoms with van der Waals surface area (Å²) in [5.74, 6) is 0.0370. The molecule has 0 amide bonds. The van der Waals surface area contributed by atoms with Crippen LogP contribution in [0.25, 0.3) is 0 Å². The molecule has 0 aliphatic heterocycles. The molecule has 1 aromatic carbocycles. The first kappa shape index (κ1) is 10.4. The Morgan fingerprint density at radius 2 is 2.07 bits per heavy atom. The molecule has 0 atom stereocenters. The van der Waals surface area contributed by atoms with E-state index < -0.39 is 0 Å². The second-order valence-corrected chi connectivity index (χ2v) is 5.59. The van der Waals surface area contributed by atoms with Crippen molar-refractivity contribution in [3.8, 4) is 5.75 Å². The van der Waals surface area contributed by atoms with Gasteiger partial charge in [-0.2, -0.15) is 0 Å². The van der Waals surface area contributed by atoms with E-state index in [0.29, 0.717) is 10.6 Å². The maximum Gasteiger partial charge on any atom is 0.166 e. The zero-order valence-electron chi connectivity index (χ0n) is 7.34. The van der Waals surface area contributed by atoms with E-state index in [1.165, 1.54) is 6.07 Å². The molecule has 4 heteroatoms. The van der Waals surface area contributed by atoms with E-state index in [1.54, 1.807) is 12.1 Å². The van der Waals surface area contributed by atoms with Crippen LogP contribution in [0.5, 0.6) is 5.75 Å². The van der Waals surface area contributed by atoms with Crippen molar-refractivity contribution >= 4 is 31.9 Å². The fourth-order valence-electron chi connectivity index (χ4n) is 1.35. The first-order chi connectivity index (χ1) is 6.65. The molecule has 1 saturated carbocycles. The maximum absolute atomic E-state index is 13.3. The van der Waals surface area contributed by atoms with Crippen LogP contribution in [0.1, 0.15) is 12.8 Å². The van der Waals surface area contributed by atoms with E-state index in [2.05, 4.69) is 31.9 Å². The molecule has 1 aliphatic rings. The van der Waals surface area contributed by atoms with Crippen LogP contribution < -0.4 is 4.74 Å². The van der Waals surface area contributed by atoms with Gasteiger partial charge in [-0.3, -0.25) is 0 Å². The molecule has 0 heterocycles. The van der Waals surface area contributed by atoms with Crippen LogP contribution in [0.15, 0.2) is 22.7 Å². The molecule has 76 valence electrons. The van der Waals surface area contributed by atoms with Crippen molar-refractivity contribution in [1.82, 2.24) is 0 Å². The zero-order chi connectivity index (χ0) is 10.1. The van der Waals surface area contributed by atoms with Gasteiger partial charge in [0.2, 0.25) is 0 Å². The highest BCUT2D eigenvalue weighted by Gasteiger charge is 2.29. The van der Waals surface area contributed by atoms with Gasteiger partial charge in [-0.25, -0.2) is 4.39 Å². The average molecular weight is 324 g/mol. The highest BCUT2D eigenvalue weighted by molar-refractivity contribution is 9.10. The van der Waals surface area contributed by atoms with Crippen LogP contribution in [0.4, 0.5) is 4.39 Å². The maximum atomic E-state index is 13.3. The molecule has 14 heavy (non-hydrogen) atoms. The van der Waals surface area contributed by atoms with Crippen LogP contribution in [-0.2, 0) is 0 Å². The molecule has 0 unspecified atom stereocenters. The Kier molecular flexibility index (Phi) is 3.12. The third-order valence-electron chi connectivity index (χ3n) is 2.22. The van der Waals surface area contributed by atoms with Gasteiger partial charge in [-0.15, -0.1) is 0 Å². The highest BCUT2D eigenvalue weighted by Crippen LogP contribution is 2.32. The molecular weight excluding hydrogens is 315 g/mol. The summed E-state index contributed by atoms with van der Waals surface area (Å²) in [5, 5.41) is 0. The molecule has 0 spiro atoms. The molecule has 0 bridgehead atoms. The molecule has 1 aliphatic carbocycles. The normalized spacial score (nSPS) is 25.6.